The number of hydrogen-bond donors (Lipinski definition) is 5. The highest BCUT2D eigenvalue weighted by molar-refractivity contribution is 7.89. The van der Waals surface area contributed by atoms with E-state index in [1.165, 1.54) is 23.5 Å². The molecule has 0 spiro atoms. The fraction of sp³-hybridized carbons (Fsp3) is 0.276. The highest BCUT2D eigenvalue weighted by atomic mass is 32.2. The third-order valence-electron chi connectivity index (χ3n) is 7.14. The smallest absolute Gasteiger partial charge is 0.241 e. The molecular formula is C29H32N6O3S2. The molecule has 208 valence electrons. The van der Waals surface area contributed by atoms with E-state index in [0.29, 0.717) is 22.7 Å². The minimum atomic E-state index is -4.00. The van der Waals surface area contributed by atoms with Crippen LogP contribution in [0.2, 0.25) is 0 Å². The lowest BCUT2D eigenvalue weighted by molar-refractivity contribution is -0.120. The van der Waals surface area contributed by atoms with E-state index in [-0.39, 0.29) is 28.6 Å². The number of benzene rings is 3. The maximum atomic E-state index is 13.7. The predicted octanol–water partition coefficient (Wildman–Crippen LogP) is 4.30. The van der Waals surface area contributed by atoms with Gasteiger partial charge < -0.3 is 16.8 Å². The van der Waals surface area contributed by atoms with E-state index in [1.54, 1.807) is 30.3 Å². The van der Waals surface area contributed by atoms with Gasteiger partial charge >= 0.3 is 0 Å². The van der Waals surface area contributed by atoms with Gasteiger partial charge in [0, 0.05) is 23.2 Å². The maximum Gasteiger partial charge on any atom is 0.241 e. The molecule has 1 aliphatic carbocycles. The lowest BCUT2D eigenvalue weighted by atomic mass is 9.86. The molecule has 1 atom stereocenters. The van der Waals surface area contributed by atoms with Gasteiger partial charge in [-0.3, -0.25) is 10.2 Å². The second-order valence-corrected chi connectivity index (χ2v) is 12.9. The molecular weight excluding hydrogens is 544 g/mol. The van der Waals surface area contributed by atoms with E-state index in [0.717, 1.165) is 41.5 Å². The molecule has 40 heavy (non-hydrogen) atoms. The number of sulfonamides is 1. The minimum Gasteiger partial charge on any atom is -0.384 e. The summed E-state index contributed by atoms with van der Waals surface area (Å²) in [5, 5.41) is 11.3. The molecule has 1 aliphatic rings. The van der Waals surface area contributed by atoms with Crippen LogP contribution in [0.3, 0.4) is 0 Å². The van der Waals surface area contributed by atoms with E-state index in [1.807, 2.05) is 30.3 Å². The van der Waals surface area contributed by atoms with Crippen LogP contribution in [0.4, 0.5) is 5.69 Å². The number of anilines is 1. The summed E-state index contributed by atoms with van der Waals surface area (Å²) in [4.78, 5) is 17.6. The number of nitrogens with one attached hydrogen (secondary N) is 3. The van der Waals surface area contributed by atoms with Gasteiger partial charge in [-0.05, 0) is 74.1 Å². The molecule has 3 aromatic carbocycles. The number of thiazole rings is 1. The Morgan fingerprint density at radius 3 is 2.52 bits per heavy atom. The van der Waals surface area contributed by atoms with Crippen molar-refractivity contribution in [2.75, 3.05) is 5.32 Å². The first-order chi connectivity index (χ1) is 19.2. The number of amidine groups is 1. The monoisotopic (exact) mass is 576 g/mol. The summed E-state index contributed by atoms with van der Waals surface area (Å²) in [6, 6.07) is 20.6. The number of para-hydroxylation sites is 1. The Labute approximate surface area is 237 Å². The molecule has 11 heteroatoms. The van der Waals surface area contributed by atoms with Gasteiger partial charge in [-0.25, -0.2) is 18.1 Å². The van der Waals surface area contributed by atoms with Crippen molar-refractivity contribution in [3.8, 4) is 0 Å². The molecule has 0 bridgehead atoms. The first-order valence-corrected chi connectivity index (χ1v) is 15.5. The lowest BCUT2D eigenvalue weighted by Crippen LogP contribution is -2.32. The molecule has 0 radical (unpaired) electrons. The number of carbonyl (C=O) groups excluding carboxylic acids is 1. The van der Waals surface area contributed by atoms with Crippen LogP contribution < -0.4 is 21.5 Å². The number of fused-ring (bicyclic) bond motifs is 1. The third-order valence-corrected chi connectivity index (χ3v) is 9.76. The molecule has 5 rings (SSSR count). The van der Waals surface area contributed by atoms with Crippen LogP contribution in [0.5, 0.6) is 0 Å². The van der Waals surface area contributed by atoms with Gasteiger partial charge in [-0.15, -0.1) is 11.3 Å². The Hall–Kier alpha value is -3.64. The number of carbonyl (C=O) groups is 1. The highest BCUT2D eigenvalue weighted by Gasteiger charge is 2.27. The van der Waals surface area contributed by atoms with Crippen LogP contribution in [0.15, 0.2) is 77.7 Å². The van der Waals surface area contributed by atoms with E-state index in [4.69, 9.17) is 21.9 Å². The van der Waals surface area contributed by atoms with Crippen molar-refractivity contribution in [1.29, 1.82) is 5.41 Å². The third kappa shape index (κ3) is 6.56. The molecule has 1 fully saturated rings. The van der Waals surface area contributed by atoms with Crippen molar-refractivity contribution >= 4 is 49.0 Å². The second kappa shape index (κ2) is 11.8. The number of amides is 1. The van der Waals surface area contributed by atoms with Gasteiger partial charge in [0.1, 0.15) is 10.8 Å². The lowest BCUT2D eigenvalue weighted by Gasteiger charge is -2.25. The van der Waals surface area contributed by atoms with E-state index < -0.39 is 16.1 Å². The predicted molar refractivity (Wildman–Crippen MR) is 159 cm³/mol. The van der Waals surface area contributed by atoms with Crippen molar-refractivity contribution in [1.82, 2.24) is 9.71 Å². The summed E-state index contributed by atoms with van der Waals surface area (Å²) in [5.41, 5.74) is 14.2. The fourth-order valence-electron chi connectivity index (χ4n) is 4.94. The van der Waals surface area contributed by atoms with Crippen molar-refractivity contribution in [2.45, 2.75) is 49.1 Å². The Bertz CT molecular complexity index is 1610. The maximum absolute atomic E-state index is 13.7. The topological polar surface area (TPSA) is 164 Å². The SMILES string of the molecule is N=C(N)c1cccc(C[C@@H](NS(=O)(=O)c2cccc(NC(=O)[C@H]3CC[C@@H](N)CC3)c2)c2nc3ccccc3s2)c1. The largest absolute Gasteiger partial charge is 0.384 e. The first kappa shape index (κ1) is 27.9. The minimum absolute atomic E-state index is 0.0413. The van der Waals surface area contributed by atoms with Crippen molar-refractivity contribution in [2.24, 2.45) is 17.4 Å². The zero-order valence-electron chi connectivity index (χ0n) is 21.8. The van der Waals surface area contributed by atoms with Gasteiger partial charge in [-0.2, -0.15) is 0 Å². The molecule has 1 amide bonds. The van der Waals surface area contributed by atoms with Crippen LogP contribution in [0.25, 0.3) is 10.2 Å². The molecule has 0 aliphatic heterocycles. The van der Waals surface area contributed by atoms with Gasteiger partial charge in [0.05, 0.1) is 21.2 Å². The normalized spacial score (nSPS) is 18.3. The van der Waals surface area contributed by atoms with E-state index in [2.05, 4.69) is 10.0 Å². The van der Waals surface area contributed by atoms with Crippen molar-refractivity contribution < 1.29 is 13.2 Å². The average molecular weight is 577 g/mol. The zero-order valence-corrected chi connectivity index (χ0v) is 23.5. The number of aromatic nitrogens is 1. The van der Waals surface area contributed by atoms with Gasteiger partial charge in [0.15, 0.2) is 0 Å². The summed E-state index contributed by atoms with van der Waals surface area (Å²) >= 11 is 1.43. The zero-order chi connectivity index (χ0) is 28.3. The van der Waals surface area contributed by atoms with Crippen LogP contribution in [0, 0.1) is 11.3 Å². The first-order valence-electron chi connectivity index (χ1n) is 13.2. The fourth-order valence-corrected chi connectivity index (χ4v) is 7.28. The second-order valence-electron chi connectivity index (χ2n) is 10.1. The van der Waals surface area contributed by atoms with Crippen LogP contribution in [-0.4, -0.2) is 31.2 Å². The molecule has 0 saturated heterocycles. The van der Waals surface area contributed by atoms with E-state index >= 15 is 0 Å². The van der Waals surface area contributed by atoms with Crippen LogP contribution >= 0.6 is 11.3 Å². The quantitative estimate of drug-likeness (QED) is 0.147. The highest BCUT2D eigenvalue weighted by Crippen LogP contribution is 2.30. The molecule has 4 aromatic rings. The summed E-state index contributed by atoms with van der Waals surface area (Å²) in [5.74, 6) is -0.312. The molecule has 1 saturated carbocycles. The molecule has 9 nitrogen and oxygen atoms in total. The number of nitrogens with two attached hydrogens (primary N) is 2. The number of hydrogen-bond acceptors (Lipinski definition) is 7. The van der Waals surface area contributed by atoms with E-state index in [9.17, 15) is 13.2 Å². The summed E-state index contributed by atoms with van der Waals surface area (Å²) < 4.78 is 31.1. The van der Waals surface area contributed by atoms with Gasteiger partial charge in [-0.1, -0.05) is 36.4 Å². The van der Waals surface area contributed by atoms with Crippen LogP contribution in [-0.2, 0) is 21.2 Å². The average Bonchev–Trinajstić information content (AvgIpc) is 3.38. The summed E-state index contributed by atoms with van der Waals surface area (Å²) in [7, 11) is -4.00. The summed E-state index contributed by atoms with van der Waals surface area (Å²) in [6.45, 7) is 0. The Balaban J connectivity index is 1.40. The molecule has 1 heterocycles. The van der Waals surface area contributed by atoms with Gasteiger partial charge in [0.2, 0.25) is 15.9 Å². The van der Waals surface area contributed by atoms with Gasteiger partial charge in [0.25, 0.3) is 0 Å². The number of nitrogen functional groups attached to an aromatic ring is 1. The summed E-state index contributed by atoms with van der Waals surface area (Å²) in [6.07, 6.45) is 3.36. The number of rotatable bonds is 9. The Kier molecular flexibility index (Phi) is 8.27. The molecule has 7 N–H and O–H groups in total. The molecule has 0 unspecified atom stereocenters. The number of nitrogens with zero attached hydrogens (tertiary/aromatic N) is 1. The van der Waals surface area contributed by atoms with Crippen molar-refractivity contribution in [3.63, 3.8) is 0 Å². The van der Waals surface area contributed by atoms with Crippen molar-refractivity contribution in [3.05, 3.63) is 88.9 Å². The Morgan fingerprint density at radius 2 is 1.77 bits per heavy atom. The molecule has 1 aromatic heterocycles. The standard InChI is InChI=1S/C29H32N6O3S2/c30-21-13-11-19(12-14-21)28(36)33-22-7-4-8-23(17-22)40(37,38)35-25(16-18-5-3-6-20(15-18)27(31)32)29-34-24-9-1-2-10-26(24)39-29/h1-10,15,17,19,21,25,35H,11-14,16,30H2,(H3,31,32)(H,33,36)/t19-,21+,25-/m1/s1. The van der Waals surface area contributed by atoms with Crippen LogP contribution in [0.1, 0.15) is 47.9 Å². The Morgan fingerprint density at radius 1 is 1.02 bits per heavy atom.